The fourth-order valence-electron chi connectivity index (χ4n) is 6.59. The summed E-state index contributed by atoms with van der Waals surface area (Å²) in [5.74, 6) is -0.204. The zero-order valence-corrected chi connectivity index (χ0v) is 38.2. The molecule has 0 spiro atoms. The molecule has 8 nitrogen and oxygen atoms in total. The molecular weight excluding hydrogens is 719 g/mol. The molecule has 0 aromatic heterocycles. The summed E-state index contributed by atoms with van der Waals surface area (Å²) >= 11 is 0. The van der Waals surface area contributed by atoms with Gasteiger partial charge in [0, 0.05) is 6.42 Å². The Morgan fingerprint density at radius 2 is 1.04 bits per heavy atom. The zero-order chi connectivity index (χ0) is 41.4. The van der Waals surface area contributed by atoms with Gasteiger partial charge >= 0.3 is 0 Å². The summed E-state index contributed by atoms with van der Waals surface area (Å²) in [6.45, 7) is 4.52. The second kappa shape index (κ2) is 39.2. The van der Waals surface area contributed by atoms with Crippen LogP contribution in [-0.2, 0) is 18.4 Å². The standard InChI is InChI=1S/C47H91N2O6P/c1-6-8-10-12-13-14-15-16-17-18-19-20-21-22-23-24-25-26-27-28-29-30-31-32-33-34-35-37-39-41-47(51)48-45(46(50)40-38-36-11-9-7-2)44-55-56(52,53)54-43-42-49(3,4)5/h15-16,18-19,38,40,45-46,50H,6-14,17,20-37,39,41-44H2,1-5H3,(H-,48,51,52,53)/b16-15-,19-18-,40-38+. The lowest BCUT2D eigenvalue weighted by Gasteiger charge is -2.29. The lowest BCUT2D eigenvalue weighted by Crippen LogP contribution is -2.45. The average molecular weight is 811 g/mol. The number of nitrogens with zero attached hydrogens (tertiary/aromatic N) is 1. The normalized spacial score (nSPS) is 14.6. The first-order valence-corrected chi connectivity index (χ1v) is 24.8. The predicted octanol–water partition coefficient (Wildman–Crippen LogP) is 12.5. The van der Waals surface area contributed by atoms with E-state index in [1.165, 1.54) is 135 Å². The summed E-state index contributed by atoms with van der Waals surface area (Å²) in [7, 11) is 1.26. The van der Waals surface area contributed by atoms with Crippen LogP contribution in [0.25, 0.3) is 0 Å². The summed E-state index contributed by atoms with van der Waals surface area (Å²) in [4.78, 5) is 25.1. The van der Waals surface area contributed by atoms with Crippen molar-refractivity contribution in [3.63, 3.8) is 0 Å². The molecular formula is C47H91N2O6P. The molecule has 9 heteroatoms. The Kier molecular flexibility index (Phi) is 38.3. The highest BCUT2D eigenvalue weighted by molar-refractivity contribution is 7.45. The lowest BCUT2D eigenvalue weighted by molar-refractivity contribution is -0.870. The van der Waals surface area contributed by atoms with Crippen LogP contribution >= 0.6 is 7.82 Å². The molecule has 3 atom stereocenters. The molecule has 1 amide bonds. The van der Waals surface area contributed by atoms with Gasteiger partial charge in [0.1, 0.15) is 13.2 Å². The molecule has 0 bridgehead atoms. The molecule has 0 rings (SSSR count). The van der Waals surface area contributed by atoms with Crippen LogP contribution in [0.5, 0.6) is 0 Å². The Morgan fingerprint density at radius 1 is 0.625 bits per heavy atom. The number of quaternary nitrogens is 1. The zero-order valence-electron chi connectivity index (χ0n) is 37.3. The number of amides is 1. The molecule has 0 aliphatic rings. The van der Waals surface area contributed by atoms with Crippen molar-refractivity contribution >= 4 is 13.7 Å². The largest absolute Gasteiger partial charge is 0.756 e. The highest BCUT2D eigenvalue weighted by Gasteiger charge is 2.23. The summed E-state index contributed by atoms with van der Waals surface area (Å²) in [5.41, 5.74) is 0. The molecule has 0 aromatic carbocycles. The van der Waals surface area contributed by atoms with Gasteiger partial charge in [-0.15, -0.1) is 0 Å². The van der Waals surface area contributed by atoms with Crippen molar-refractivity contribution in [2.24, 2.45) is 0 Å². The van der Waals surface area contributed by atoms with Crippen LogP contribution in [0.15, 0.2) is 36.5 Å². The molecule has 0 fully saturated rings. The van der Waals surface area contributed by atoms with Crippen LogP contribution < -0.4 is 10.2 Å². The Morgan fingerprint density at radius 3 is 1.52 bits per heavy atom. The van der Waals surface area contributed by atoms with Crippen LogP contribution in [0.3, 0.4) is 0 Å². The maximum atomic E-state index is 12.7. The number of nitrogens with one attached hydrogen (secondary N) is 1. The van der Waals surface area contributed by atoms with E-state index in [4.69, 9.17) is 9.05 Å². The van der Waals surface area contributed by atoms with E-state index in [2.05, 4.69) is 43.5 Å². The van der Waals surface area contributed by atoms with E-state index in [-0.39, 0.29) is 19.1 Å². The number of unbranched alkanes of at least 4 members (excludes halogenated alkanes) is 25. The molecule has 0 heterocycles. The van der Waals surface area contributed by atoms with E-state index < -0.39 is 20.0 Å². The van der Waals surface area contributed by atoms with Gasteiger partial charge in [0.05, 0.1) is 39.9 Å². The van der Waals surface area contributed by atoms with Gasteiger partial charge in [0.25, 0.3) is 7.82 Å². The van der Waals surface area contributed by atoms with Gasteiger partial charge < -0.3 is 28.8 Å². The van der Waals surface area contributed by atoms with E-state index in [0.717, 1.165) is 51.4 Å². The van der Waals surface area contributed by atoms with Crippen molar-refractivity contribution in [3.05, 3.63) is 36.5 Å². The second-order valence-corrected chi connectivity index (χ2v) is 18.5. The summed E-state index contributed by atoms with van der Waals surface area (Å²) < 4.78 is 23.0. The molecule has 0 saturated carbocycles. The van der Waals surface area contributed by atoms with Gasteiger partial charge in [-0.2, -0.15) is 0 Å². The molecule has 0 aliphatic heterocycles. The van der Waals surface area contributed by atoms with Crippen molar-refractivity contribution in [3.8, 4) is 0 Å². The van der Waals surface area contributed by atoms with Gasteiger partial charge in [-0.05, 0) is 51.4 Å². The van der Waals surface area contributed by atoms with Crippen LogP contribution in [0, 0.1) is 0 Å². The first-order valence-electron chi connectivity index (χ1n) is 23.4. The first kappa shape index (κ1) is 54.7. The quantitative estimate of drug-likeness (QED) is 0.0275. The topological polar surface area (TPSA) is 108 Å². The molecule has 330 valence electrons. The Labute approximate surface area is 347 Å². The summed E-state index contributed by atoms with van der Waals surface area (Å²) in [6, 6.07) is -0.880. The molecule has 0 aliphatic carbocycles. The van der Waals surface area contributed by atoms with Gasteiger partial charge in [0.2, 0.25) is 5.91 Å². The van der Waals surface area contributed by atoms with Gasteiger partial charge in [0.15, 0.2) is 0 Å². The fourth-order valence-corrected chi connectivity index (χ4v) is 7.32. The molecule has 0 saturated heterocycles. The highest BCUT2D eigenvalue weighted by Crippen LogP contribution is 2.38. The number of hydrogen-bond acceptors (Lipinski definition) is 6. The number of carbonyl (C=O) groups excluding carboxylic acids is 1. The Bertz CT molecular complexity index is 1010. The van der Waals surface area contributed by atoms with E-state index in [1.807, 2.05) is 27.2 Å². The Hall–Kier alpha value is -1.28. The maximum absolute atomic E-state index is 12.7. The van der Waals surface area contributed by atoms with Crippen molar-refractivity contribution in [2.45, 2.75) is 219 Å². The van der Waals surface area contributed by atoms with Gasteiger partial charge in [-0.1, -0.05) is 185 Å². The number of aliphatic hydroxyl groups excluding tert-OH is 1. The summed E-state index contributed by atoms with van der Waals surface area (Å²) in [5, 5.41) is 13.6. The number of likely N-dealkylation sites (N-methyl/N-ethyl adjacent to an activating group) is 1. The van der Waals surface area contributed by atoms with Crippen LogP contribution in [0.4, 0.5) is 0 Å². The minimum absolute atomic E-state index is 0.00139. The van der Waals surface area contributed by atoms with Gasteiger partial charge in [-0.3, -0.25) is 9.36 Å². The SMILES string of the molecule is CCCCC/C=C/C(O)C(COP(=O)([O-])OCC[N+](C)(C)C)NC(=O)CCCCCCCCCCCCCCCCCCC/C=C\C/C=C\CCCCCCC. The summed E-state index contributed by atoms with van der Waals surface area (Å²) in [6.07, 6.45) is 48.3. The average Bonchev–Trinajstić information content (AvgIpc) is 3.15. The van der Waals surface area contributed by atoms with E-state index >= 15 is 0 Å². The number of aliphatic hydroxyl groups is 1. The second-order valence-electron chi connectivity index (χ2n) is 17.1. The number of hydrogen-bond donors (Lipinski definition) is 2. The fraction of sp³-hybridized carbons (Fsp3) is 0.851. The molecule has 56 heavy (non-hydrogen) atoms. The first-order chi connectivity index (χ1) is 27.0. The highest BCUT2D eigenvalue weighted by atomic mass is 31.2. The third-order valence-electron chi connectivity index (χ3n) is 10.3. The number of phosphoric ester groups is 1. The number of phosphoric acid groups is 1. The van der Waals surface area contributed by atoms with Crippen molar-refractivity contribution in [1.82, 2.24) is 5.32 Å². The van der Waals surface area contributed by atoms with E-state index in [1.54, 1.807) is 6.08 Å². The minimum Gasteiger partial charge on any atom is -0.756 e. The third kappa shape index (κ3) is 40.9. The Balaban J connectivity index is 3.89. The monoisotopic (exact) mass is 811 g/mol. The number of allylic oxidation sites excluding steroid dienone is 5. The lowest BCUT2D eigenvalue weighted by atomic mass is 10.0. The predicted molar refractivity (Wildman–Crippen MR) is 238 cm³/mol. The van der Waals surface area contributed by atoms with Crippen LogP contribution in [0.2, 0.25) is 0 Å². The minimum atomic E-state index is -4.57. The molecule has 0 radical (unpaired) electrons. The molecule has 3 unspecified atom stereocenters. The molecule has 2 N–H and O–H groups in total. The number of rotatable bonds is 42. The van der Waals surface area contributed by atoms with Crippen LogP contribution in [0.1, 0.15) is 206 Å². The molecule has 0 aromatic rings. The third-order valence-corrected chi connectivity index (χ3v) is 11.3. The van der Waals surface area contributed by atoms with E-state index in [9.17, 15) is 19.4 Å². The number of carbonyl (C=O) groups is 1. The smallest absolute Gasteiger partial charge is 0.268 e. The van der Waals surface area contributed by atoms with E-state index in [0.29, 0.717) is 17.4 Å². The van der Waals surface area contributed by atoms with Crippen molar-refractivity contribution in [2.75, 3.05) is 40.9 Å². The van der Waals surface area contributed by atoms with Crippen LogP contribution in [-0.4, -0.2) is 68.5 Å². The van der Waals surface area contributed by atoms with Gasteiger partial charge in [-0.25, -0.2) is 0 Å². The van der Waals surface area contributed by atoms with Crippen molar-refractivity contribution in [1.29, 1.82) is 0 Å². The van der Waals surface area contributed by atoms with Crippen molar-refractivity contribution < 1.29 is 32.9 Å². The maximum Gasteiger partial charge on any atom is 0.268 e.